The molecular formula is C3H4BrI. The van der Waals surface area contributed by atoms with Crippen LogP contribution < -0.4 is 0 Å². The van der Waals surface area contributed by atoms with E-state index in [-0.39, 0.29) is 0 Å². The van der Waals surface area contributed by atoms with E-state index in [0.29, 0.717) is 0 Å². The van der Waals surface area contributed by atoms with Crippen LogP contribution in [-0.2, 0) is 0 Å². The number of halogens is 2. The van der Waals surface area contributed by atoms with Gasteiger partial charge in [0.2, 0.25) is 0 Å². The summed E-state index contributed by atoms with van der Waals surface area (Å²) in [5, 5.41) is 0. The molecule has 0 N–H and O–H groups in total. The molecule has 0 rings (SSSR count). The van der Waals surface area contributed by atoms with Crippen LogP contribution in [0.15, 0.2) is 11.1 Å². The van der Waals surface area contributed by atoms with E-state index in [1.807, 2.05) is 11.1 Å². The molecule has 0 aliphatic carbocycles. The van der Waals surface area contributed by atoms with Crippen LogP contribution in [0.1, 0.15) is 0 Å². The molecule has 0 aromatic rings. The minimum Gasteiger partial charge on any atom is -0.0818 e. The maximum atomic E-state index is 3.12. The molecule has 0 unspecified atom stereocenters. The summed E-state index contributed by atoms with van der Waals surface area (Å²) in [7, 11) is 0. The van der Waals surface area contributed by atoms with Crippen LogP contribution in [0, 0.1) is 0 Å². The first kappa shape index (κ1) is 5.95. The molecule has 0 amide bonds. The molecule has 0 fully saturated rings. The molecule has 0 aromatic carbocycles. The Bertz CT molecular complexity index is 33.9. The van der Waals surface area contributed by atoms with Gasteiger partial charge < -0.3 is 0 Å². The highest BCUT2D eigenvalue weighted by atomic mass is 127. The molecule has 0 aromatic heterocycles. The van der Waals surface area contributed by atoms with Crippen molar-refractivity contribution in [2.45, 2.75) is 0 Å². The Morgan fingerprint density at radius 1 is 1.80 bits per heavy atom. The van der Waals surface area contributed by atoms with Gasteiger partial charge in [0.25, 0.3) is 0 Å². The SMILES string of the molecule is BrC=CCI. The van der Waals surface area contributed by atoms with Gasteiger partial charge in [-0.3, -0.25) is 0 Å². The fraction of sp³-hybridized carbons (Fsp3) is 0.333. The topological polar surface area (TPSA) is 0 Å². The minimum atomic E-state index is 1.09. The second-order valence-electron chi connectivity index (χ2n) is 0.516. The number of hydrogen-bond acceptors (Lipinski definition) is 0. The van der Waals surface area contributed by atoms with E-state index in [1.54, 1.807) is 0 Å². The predicted molar refractivity (Wildman–Crippen MR) is 37.0 cm³/mol. The Kier molecular flexibility index (Phi) is 5.89. The Morgan fingerprint density at radius 2 is 2.40 bits per heavy atom. The summed E-state index contributed by atoms with van der Waals surface area (Å²) in [5.74, 6) is 0. The van der Waals surface area contributed by atoms with E-state index in [4.69, 9.17) is 0 Å². The molecule has 5 heavy (non-hydrogen) atoms. The van der Waals surface area contributed by atoms with E-state index in [2.05, 4.69) is 38.5 Å². The maximum absolute atomic E-state index is 3.12. The first-order chi connectivity index (χ1) is 2.41. The van der Waals surface area contributed by atoms with Gasteiger partial charge in [-0.15, -0.1) is 0 Å². The first-order valence-corrected chi connectivity index (χ1v) is 3.67. The van der Waals surface area contributed by atoms with Crippen molar-refractivity contribution in [2.24, 2.45) is 0 Å². The quantitative estimate of drug-likeness (QED) is 0.492. The highest BCUT2D eigenvalue weighted by Gasteiger charge is 1.55. The van der Waals surface area contributed by atoms with E-state index in [0.717, 1.165) is 4.43 Å². The third-order valence-corrected chi connectivity index (χ3v) is 1.06. The van der Waals surface area contributed by atoms with E-state index >= 15 is 0 Å². The third-order valence-electron chi connectivity index (χ3n) is 0.178. The predicted octanol–water partition coefficient (Wildman–Crippen LogP) is 2.33. The average Bonchev–Trinajstić information content (AvgIpc) is 1.41. The summed E-state index contributed by atoms with van der Waals surface area (Å²) >= 11 is 5.39. The number of alkyl halides is 1. The zero-order valence-electron chi connectivity index (χ0n) is 2.62. The molecule has 0 aliphatic heterocycles. The average molecular weight is 247 g/mol. The van der Waals surface area contributed by atoms with Crippen LogP contribution in [0.4, 0.5) is 0 Å². The van der Waals surface area contributed by atoms with Crippen molar-refractivity contribution in [3.05, 3.63) is 11.1 Å². The van der Waals surface area contributed by atoms with Crippen LogP contribution in [0.3, 0.4) is 0 Å². The largest absolute Gasteiger partial charge is 0.0818 e. The molecule has 0 saturated carbocycles. The molecule has 0 saturated heterocycles. The maximum Gasteiger partial charge on any atom is 0.0184 e. The zero-order chi connectivity index (χ0) is 4.12. The molecule has 0 heterocycles. The molecule has 0 aliphatic rings. The normalized spacial score (nSPS) is 10.0. The van der Waals surface area contributed by atoms with E-state index in [1.165, 1.54) is 0 Å². The lowest BCUT2D eigenvalue weighted by molar-refractivity contribution is 1.89. The number of rotatable bonds is 1. The molecule has 0 nitrogen and oxygen atoms in total. The summed E-state index contributed by atoms with van der Waals surface area (Å²) < 4.78 is 1.09. The standard InChI is InChI=1S/C3H4BrI/c4-2-1-3-5/h1-2H,3H2. The van der Waals surface area contributed by atoms with E-state index < -0.39 is 0 Å². The van der Waals surface area contributed by atoms with Crippen LogP contribution in [0.5, 0.6) is 0 Å². The molecule has 30 valence electrons. The van der Waals surface area contributed by atoms with Gasteiger partial charge >= 0.3 is 0 Å². The highest BCUT2D eigenvalue weighted by molar-refractivity contribution is 14.1. The molecule has 0 radical (unpaired) electrons. The number of hydrogen-bond donors (Lipinski definition) is 0. The van der Waals surface area contributed by atoms with Gasteiger partial charge in [-0.2, -0.15) is 0 Å². The highest BCUT2D eigenvalue weighted by Crippen LogP contribution is 1.85. The van der Waals surface area contributed by atoms with Crippen LogP contribution in [-0.4, -0.2) is 4.43 Å². The van der Waals surface area contributed by atoms with Crippen molar-refractivity contribution >= 4 is 38.5 Å². The van der Waals surface area contributed by atoms with Crippen molar-refractivity contribution in [1.82, 2.24) is 0 Å². The second-order valence-corrected chi connectivity index (χ2v) is 1.93. The van der Waals surface area contributed by atoms with Gasteiger partial charge in [0.15, 0.2) is 0 Å². The Morgan fingerprint density at radius 3 is 2.40 bits per heavy atom. The van der Waals surface area contributed by atoms with Crippen LogP contribution in [0.2, 0.25) is 0 Å². The molecule has 0 bridgehead atoms. The smallest absolute Gasteiger partial charge is 0.0184 e. The monoisotopic (exact) mass is 246 g/mol. The second kappa shape index (κ2) is 4.95. The van der Waals surface area contributed by atoms with Gasteiger partial charge in [0.05, 0.1) is 0 Å². The van der Waals surface area contributed by atoms with Gasteiger partial charge in [-0.25, -0.2) is 0 Å². The van der Waals surface area contributed by atoms with Crippen molar-refractivity contribution in [3.63, 3.8) is 0 Å². The van der Waals surface area contributed by atoms with Gasteiger partial charge in [0, 0.05) is 4.43 Å². The van der Waals surface area contributed by atoms with Gasteiger partial charge in [-0.05, 0) is 4.99 Å². The number of allylic oxidation sites excluding steroid dienone is 1. The summed E-state index contributed by atoms with van der Waals surface area (Å²) in [6.07, 6.45) is 2.03. The fourth-order valence-corrected chi connectivity index (χ4v) is 1.17. The molecular weight excluding hydrogens is 243 g/mol. The Balaban J connectivity index is 2.62. The lowest BCUT2D eigenvalue weighted by atomic mass is 10.8. The Hall–Kier alpha value is 0.950. The molecule has 2 heteroatoms. The Labute approximate surface area is 53.9 Å². The van der Waals surface area contributed by atoms with Gasteiger partial charge in [0.1, 0.15) is 0 Å². The van der Waals surface area contributed by atoms with Crippen LogP contribution >= 0.6 is 38.5 Å². The lowest BCUT2D eigenvalue weighted by Crippen LogP contribution is -1.46. The summed E-state index contributed by atoms with van der Waals surface area (Å²) in [4.78, 5) is 1.86. The molecule has 0 spiro atoms. The van der Waals surface area contributed by atoms with Gasteiger partial charge in [-0.1, -0.05) is 44.6 Å². The fourth-order valence-electron chi connectivity index (χ4n) is 0.0337. The van der Waals surface area contributed by atoms with Crippen molar-refractivity contribution in [1.29, 1.82) is 0 Å². The summed E-state index contributed by atoms with van der Waals surface area (Å²) in [6, 6.07) is 0. The lowest BCUT2D eigenvalue weighted by Gasteiger charge is -1.61. The summed E-state index contributed by atoms with van der Waals surface area (Å²) in [6.45, 7) is 0. The van der Waals surface area contributed by atoms with Crippen molar-refractivity contribution < 1.29 is 0 Å². The summed E-state index contributed by atoms with van der Waals surface area (Å²) in [5.41, 5.74) is 0. The van der Waals surface area contributed by atoms with Crippen molar-refractivity contribution in [2.75, 3.05) is 4.43 Å². The van der Waals surface area contributed by atoms with Crippen molar-refractivity contribution in [3.8, 4) is 0 Å². The molecule has 0 atom stereocenters. The first-order valence-electron chi connectivity index (χ1n) is 1.23. The van der Waals surface area contributed by atoms with E-state index in [9.17, 15) is 0 Å². The van der Waals surface area contributed by atoms with Crippen LogP contribution in [0.25, 0.3) is 0 Å². The third kappa shape index (κ3) is 4.95. The minimum absolute atomic E-state index is 1.09. The zero-order valence-corrected chi connectivity index (χ0v) is 6.36.